The molecule has 0 unspecified atom stereocenters. The molecule has 0 saturated heterocycles. The van der Waals surface area contributed by atoms with Crippen molar-refractivity contribution in [1.29, 1.82) is 0 Å². The first-order valence-electron chi connectivity index (χ1n) is 5.14. The normalized spacial score (nSPS) is 11.0. The van der Waals surface area contributed by atoms with Gasteiger partial charge in [0.2, 0.25) is 5.13 Å². The van der Waals surface area contributed by atoms with Gasteiger partial charge in [0.1, 0.15) is 0 Å². The standard InChI is InChI=1S/C12H12BrN3S/c1-8-9(2)17-12(15-8)16-14-7-10-5-3-4-6-11(10)13/h3-7H,1-2H3,(H,15,16)/b14-7-. The third-order valence-corrected chi connectivity index (χ3v) is 4.00. The van der Waals surface area contributed by atoms with Gasteiger partial charge in [-0.05, 0) is 19.9 Å². The van der Waals surface area contributed by atoms with Crippen LogP contribution in [0.4, 0.5) is 5.13 Å². The van der Waals surface area contributed by atoms with Gasteiger partial charge in [-0.2, -0.15) is 5.10 Å². The van der Waals surface area contributed by atoms with Gasteiger partial charge in [-0.15, -0.1) is 11.3 Å². The van der Waals surface area contributed by atoms with E-state index < -0.39 is 0 Å². The number of thiazole rings is 1. The van der Waals surface area contributed by atoms with Crippen molar-refractivity contribution in [1.82, 2.24) is 4.98 Å². The minimum absolute atomic E-state index is 0.823. The van der Waals surface area contributed by atoms with Crippen LogP contribution in [0.1, 0.15) is 16.1 Å². The summed E-state index contributed by atoms with van der Waals surface area (Å²) in [4.78, 5) is 5.56. The summed E-state index contributed by atoms with van der Waals surface area (Å²) in [7, 11) is 0. The number of nitrogens with one attached hydrogen (secondary N) is 1. The fourth-order valence-corrected chi connectivity index (χ4v) is 2.41. The van der Waals surface area contributed by atoms with E-state index in [9.17, 15) is 0 Å². The number of halogens is 1. The Balaban J connectivity index is 2.05. The third-order valence-electron chi connectivity index (χ3n) is 2.30. The van der Waals surface area contributed by atoms with Crippen LogP contribution < -0.4 is 5.43 Å². The lowest BCUT2D eigenvalue weighted by Crippen LogP contribution is -1.90. The maximum atomic E-state index is 4.35. The van der Waals surface area contributed by atoms with E-state index in [4.69, 9.17) is 0 Å². The van der Waals surface area contributed by atoms with E-state index >= 15 is 0 Å². The van der Waals surface area contributed by atoms with Gasteiger partial charge in [-0.25, -0.2) is 4.98 Å². The first kappa shape index (κ1) is 12.3. The average Bonchev–Trinajstić information content (AvgIpc) is 2.61. The van der Waals surface area contributed by atoms with Crippen LogP contribution in [-0.4, -0.2) is 11.2 Å². The Bertz CT molecular complexity index is 529. The molecule has 1 N–H and O–H groups in total. The fourth-order valence-electron chi connectivity index (χ4n) is 1.26. The maximum absolute atomic E-state index is 4.35. The number of anilines is 1. The van der Waals surface area contributed by atoms with E-state index in [1.807, 2.05) is 31.2 Å². The van der Waals surface area contributed by atoms with Crippen molar-refractivity contribution in [3.8, 4) is 0 Å². The molecule has 3 nitrogen and oxygen atoms in total. The van der Waals surface area contributed by atoms with Crippen molar-refractivity contribution >= 4 is 38.6 Å². The van der Waals surface area contributed by atoms with Gasteiger partial charge in [0.15, 0.2) is 0 Å². The molecular weight excluding hydrogens is 298 g/mol. The summed E-state index contributed by atoms with van der Waals surface area (Å²) in [6, 6.07) is 7.93. The number of hydrazone groups is 1. The minimum atomic E-state index is 0.823. The zero-order valence-electron chi connectivity index (χ0n) is 9.57. The summed E-state index contributed by atoms with van der Waals surface area (Å²) in [6.07, 6.45) is 1.77. The summed E-state index contributed by atoms with van der Waals surface area (Å²) in [5.74, 6) is 0. The number of hydrogen-bond donors (Lipinski definition) is 1. The summed E-state index contributed by atoms with van der Waals surface area (Å²) in [5, 5.41) is 4.99. The Hall–Kier alpha value is -1.20. The Kier molecular flexibility index (Phi) is 3.91. The molecule has 0 amide bonds. The number of aromatic nitrogens is 1. The molecule has 1 aromatic heterocycles. The van der Waals surface area contributed by atoms with Crippen LogP contribution in [0, 0.1) is 13.8 Å². The molecule has 0 saturated carbocycles. The van der Waals surface area contributed by atoms with E-state index in [1.54, 1.807) is 17.6 Å². The summed E-state index contributed by atoms with van der Waals surface area (Å²) in [6.45, 7) is 4.05. The van der Waals surface area contributed by atoms with E-state index in [2.05, 4.69) is 38.4 Å². The SMILES string of the molecule is Cc1nc(N/N=C\c2ccccc2Br)sc1C. The number of benzene rings is 1. The molecule has 17 heavy (non-hydrogen) atoms. The molecule has 0 aliphatic heterocycles. The summed E-state index contributed by atoms with van der Waals surface area (Å²) in [5.41, 5.74) is 5.02. The van der Waals surface area contributed by atoms with Crippen LogP contribution in [0.5, 0.6) is 0 Å². The highest BCUT2D eigenvalue weighted by Gasteiger charge is 2.01. The fraction of sp³-hybridized carbons (Fsp3) is 0.167. The lowest BCUT2D eigenvalue weighted by molar-refractivity contribution is 1.20. The second-order valence-electron chi connectivity index (χ2n) is 3.55. The molecule has 0 atom stereocenters. The predicted molar refractivity (Wildman–Crippen MR) is 76.9 cm³/mol. The highest BCUT2D eigenvalue weighted by Crippen LogP contribution is 2.21. The lowest BCUT2D eigenvalue weighted by Gasteiger charge is -1.96. The van der Waals surface area contributed by atoms with Crippen molar-refractivity contribution in [2.24, 2.45) is 5.10 Å². The predicted octanol–water partition coefficient (Wildman–Crippen LogP) is 3.97. The van der Waals surface area contributed by atoms with Crippen molar-refractivity contribution in [2.45, 2.75) is 13.8 Å². The third kappa shape index (κ3) is 3.14. The Morgan fingerprint density at radius 3 is 2.76 bits per heavy atom. The monoisotopic (exact) mass is 309 g/mol. The molecule has 0 spiro atoms. The molecule has 0 radical (unpaired) electrons. The largest absolute Gasteiger partial charge is 0.253 e. The topological polar surface area (TPSA) is 37.3 Å². The minimum Gasteiger partial charge on any atom is -0.253 e. The van der Waals surface area contributed by atoms with Gasteiger partial charge in [-0.1, -0.05) is 34.1 Å². The van der Waals surface area contributed by atoms with Crippen LogP contribution in [0.15, 0.2) is 33.8 Å². The molecule has 0 fully saturated rings. The van der Waals surface area contributed by atoms with Crippen molar-refractivity contribution in [2.75, 3.05) is 5.43 Å². The Labute approximate surface area is 113 Å². The van der Waals surface area contributed by atoms with Crippen LogP contribution in [0.25, 0.3) is 0 Å². The highest BCUT2D eigenvalue weighted by molar-refractivity contribution is 9.10. The smallest absolute Gasteiger partial charge is 0.203 e. The first-order chi connectivity index (χ1) is 8.16. The van der Waals surface area contributed by atoms with Gasteiger partial charge in [-0.3, -0.25) is 5.43 Å². The molecular formula is C12H12BrN3S. The molecule has 1 heterocycles. The molecule has 0 bridgehead atoms. The van der Waals surface area contributed by atoms with Crippen molar-refractivity contribution < 1.29 is 0 Å². The van der Waals surface area contributed by atoms with E-state index in [0.717, 1.165) is 20.9 Å². The van der Waals surface area contributed by atoms with E-state index in [1.165, 1.54) is 4.88 Å². The molecule has 2 rings (SSSR count). The molecule has 5 heteroatoms. The van der Waals surface area contributed by atoms with Gasteiger partial charge in [0.05, 0.1) is 11.9 Å². The van der Waals surface area contributed by atoms with Crippen LogP contribution in [0.3, 0.4) is 0 Å². The summed E-state index contributed by atoms with van der Waals surface area (Å²) < 4.78 is 1.03. The second-order valence-corrected chi connectivity index (χ2v) is 5.61. The van der Waals surface area contributed by atoms with Crippen LogP contribution in [0.2, 0.25) is 0 Å². The van der Waals surface area contributed by atoms with Crippen LogP contribution >= 0.6 is 27.3 Å². The summed E-state index contributed by atoms with van der Waals surface area (Å²) >= 11 is 5.07. The Morgan fingerprint density at radius 2 is 2.12 bits per heavy atom. The van der Waals surface area contributed by atoms with Gasteiger partial charge in [0, 0.05) is 14.9 Å². The lowest BCUT2D eigenvalue weighted by atomic mass is 10.2. The Morgan fingerprint density at radius 1 is 1.35 bits per heavy atom. The van der Waals surface area contributed by atoms with Crippen molar-refractivity contribution in [3.63, 3.8) is 0 Å². The quantitative estimate of drug-likeness (QED) is 0.688. The number of aryl methyl sites for hydroxylation is 2. The first-order valence-corrected chi connectivity index (χ1v) is 6.75. The van der Waals surface area contributed by atoms with Crippen molar-refractivity contribution in [3.05, 3.63) is 44.9 Å². The van der Waals surface area contributed by atoms with Crippen LogP contribution in [-0.2, 0) is 0 Å². The molecule has 1 aromatic carbocycles. The van der Waals surface area contributed by atoms with Gasteiger partial charge in [0.25, 0.3) is 0 Å². The molecule has 2 aromatic rings. The highest BCUT2D eigenvalue weighted by atomic mass is 79.9. The maximum Gasteiger partial charge on any atom is 0.203 e. The number of hydrogen-bond acceptors (Lipinski definition) is 4. The molecule has 0 aliphatic rings. The van der Waals surface area contributed by atoms with E-state index in [0.29, 0.717) is 0 Å². The second kappa shape index (κ2) is 5.42. The number of nitrogens with zero attached hydrogens (tertiary/aromatic N) is 2. The van der Waals surface area contributed by atoms with Gasteiger partial charge < -0.3 is 0 Å². The number of rotatable bonds is 3. The van der Waals surface area contributed by atoms with E-state index in [-0.39, 0.29) is 0 Å². The molecule has 88 valence electrons. The van der Waals surface area contributed by atoms with Gasteiger partial charge >= 0.3 is 0 Å². The zero-order valence-corrected chi connectivity index (χ0v) is 12.0. The zero-order chi connectivity index (χ0) is 12.3. The molecule has 0 aliphatic carbocycles. The average molecular weight is 310 g/mol.